The van der Waals surface area contributed by atoms with Gasteiger partial charge in [0.05, 0.1) is 0 Å². The Bertz CT molecular complexity index is 902. The highest BCUT2D eigenvalue weighted by Crippen LogP contribution is 2.26. The Morgan fingerprint density at radius 3 is 2.41 bits per heavy atom. The highest BCUT2D eigenvalue weighted by molar-refractivity contribution is 7.99. The molecule has 6 nitrogen and oxygen atoms in total. The van der Waals surface area contributed by atoms with E-state index in [-0.39, 0.29) is 12.5 Å². The second kappa shape index (κ2) is 9.33. The third-order valence-corrected chi connectivity index (χ3v) is 5.83. The molecule has 1 aliphatic heterocycles. The number of aryl methyl sites for hydroxylation is 1. The van der Waals surface area contributed by atoms with Crippen LogP contribution in [0.2, 0.25) is 5.02 Å². The van der Waals surface area contributed by atoms with Gasteiger partial charge in [-0.15, -0.1) is 11.8 Å². The fraction of sp³-hybridized carbons (Fsp3) is 0.286. The van der Waals surface area contributed by atoms with E-state index in [0.29, 0.717) is 23.0 Å². The topological polar surface area (TPSA) is 69.7 Å². The molecule has 1 fully saturated rings. The summed E-state index contributed by atoms with van der Waals surface area (Å²) in [6.45, 7) is 3.83. The molecular formula is C21H22ClN3O3S. The largest absolute Gasteiger partial charge is 0.354 e. The zero-order valence-corrected chi connectivity index (χ0v) is 17.8. The summed E-state index contributed by atoms with van der Waals surface area (Å²) >= 11 is 7.52. The van der Waals surface area contributed by atoms with Crippen molar-refractivity contribution in [3.8, 4) is 0 Å². The molecule has 0 aliphatic carbocycles. The second-order valence-corrected chi connectivity index (χ2v) is 8.35. The lowest BCUT2D eigenvalue weighted by Gasteiger charge is -2.19. The maximum Gasteiger partial charge on any atom is 0.332 e. The maximum absolute atomic E-state index is 12.7. The van der Waals surface area contributed by atoms with Gasteiger partial charge >= 0.3 is 6.03 Å². The van der Waals surface area contributed by atoms with Gasteiger partial charge in [-0.05, 0) is 50.2 Å². The van der Waals surface area contributed by atoms with Crippen LogP contribution < -0.4 is 10.2 Å². The Balaban J connectivity index is 1.51. The fourth-order valence-electron chi connectivity index (χ4n) is 3.00. The maximum atomic E-state index is 12.7. The van der Waals surface area contributed by atoms with Gasteiger partial charge in [0.15, 0.2) is 0 Å². The minimum absolute atomic E-state index is 0.290. The first kappa shape index (κ1) is 21.2. The van der Waals surface area contributed by atoms with E-state index in [1.54, 1.807) is 43.0 Å². The van der Waals surface area contributed by atoms with Crippen molar-refractivity contribution in [1.82, 2.24) is 10.2 Å². The van der Waals surface area contributed by atoms with Gasteiger partial charge < -0.3 is 5.32 Å². The van der Waals surface area contributed by atoms with Crippen LogP contribution in [-0.4, -0.2) is 47.6 Å². The minimum Gasteiger partial charge on any atom is -0.354 e. The SMILES string of the molecule is Cc1ccc(SCCNC(=O)CN2C(=O)[C@@H](C)N(c3ccc(Cl)cc3)C2=O)cc1. The molecule has 1 N–H and O–H groups in total. The average Bonchev–Trinajstić information content (AvgIpc) is 2.91. The monoisotopic (exact) mass is 431 g/mol. The normalized spacial score (nSPS) is 16.4. The lowest BCUT2D eigenvalue weighted by atomic mass is 10.2. The predicted molar refractivity (Wildman–Crippen MR) is 115 cm³/mol. The van der Waals surface area contributed by atoms with Gasteiger partial charge in [-0.1, -0.05) is 29.3 Å². The van der Waals surface area contributed by atoms with Crippen molar-refractivity contribution in [3.05, 3.63) is 59.1 Å². The molecule has 0 spiro atoms. The molecule has 1 saturated heterocycles. The fourth-order valence-corrected chi connectivity index (χ4v) is 3.89. The van der Waals surface area contributed by atoms with Crippen LogP contribution in [0.5, 0.6) is 0 Å². The number of anilines is 1. The second-order valence-electron chi connectivity index (χ2n) is 6.74. The number of amides is 4. The summed E-state index contributed by atoms with van der Waals surface area (Å²) in [6, 6.07) is 13.6. The third-order valence-electron chi connectivity index (χ3n) is 4.57. The van der Waals surface area contributed by atoms with Crippen LogP contribution in [0.1, 0.15) is 12.5 Å². The van der Waals surface area contributed by atoms with Crippen LogP contribution in [0.3, 0.4) is 0 Å². The summed E-state index contributed by atoms with van der Waals surface area (Å²) in [5, 5.41) is 3.31. The molecule has 29 heavy (non-hydrogen) atoms. The van der Waals surface area contributed by atoms with Crippen LogP contribution in [-0.2, 0) is 9.59 Å². The number of imide groups is 1. The number of carbonyl (C=O) groups excluding carboxylic acids is 3. The number of nitrogens with zero attached hydrogens (tertiary/aromatic N) is 2. The number of hydrogen-bond donors (Lipinski definition) is 1. The molecule has 3 rings (SSSR count). The number of carbonyl (C=O) groups is 3. The molecule has 1 atom stereocenters. The first-order chi connectivity index (χ1) is 13.9. The standard InChI is InChI=1S/C21H22ClN3O3S/c1-14-3-9-18(10-4-14)29-12-11-23-19(26)13-24-20(27)15(2)25(21(24)28)17-7-5-16(22)6-8-17/h3-10,15H,11-13H2,1-2H3,(H,23,26)/t15-/m1/s1. The molecule has 2 aromatic carbocycles. The molecule has 1 aliphatic rings. The number of nitrogens with one attached hydrogen (secondary N) is 1. The molecule has 0 saturated carbocycles. The average molecular weight is 432 g/mol. The van der Waals surface area contributed by atoms with Crippen molar-refractivity contribution in [2.45, 2.75) is 24.8 Å². The Morgan fingerprint density at radius 1 is 1.10 bits per heavy atom. The molecule has 4 amide bonds. The van der Waals surface area contributed by atoms with E-state index in [1.807, 2.05) is 31.2 Å². The van der Waals surface area contributed by atoms with E-state index in [0.717, 1.165) is 9.80 Å². The number of halogens is 1. The Hall–Kier alpha value is -2.51. The summed E-state index contributed by atoms with van der Waals surface area (Å²) in [7, 11) is 0. The lowest BCUT2D eigenvalue weighted by molar-refractivity contribution is -0.131. The molecule has 0 unspecified atom stereocenters. The van der Waals surface area contributed by atoms with Crippen molar-refractivity contribution < 1.29 is 14.4 Å². The van der Waals surface area contributed by atoms with E-state index in [2.05, 4.69) is 5.32 Å². The van der Waals surface area contributed by atoms with Crippen molar-refractivity contribution in [2.75, 3.05) is 23.7 Å². The Morgan fingerprint density at radius 2 is 1.76 bits per heavy atom. The van der Waals surface area contributed by atoms with Gasteiger partial charge in [-0.3, -0.25) is 19.4 Å². The van der Waals surface area contributed by atoms with Crippen LogP contribution in [0.15, 0.2) is 53.4 Å². The quantitative estimate of drug-likeness (QED) is 0.412. The Labute approximate surface area is 179 Å². The van der Waals surface area contributed by atoms with Gasteiger partial charge in [0.2, 0.25) is 5.91 Å². The lowest BCUT2D eigenvalue weighted by Crippen LogP contribution is -2.42. The van der Waals surface area contributed by atoms with E-state index in [4.69, 9.17) is 11.6 Å². The molecule has 8 heteroatoms. The van der Waals surface area contributed by atoms with Crippen LogP contribution in [0.25, 0.3) is 0 Å². The number of urea groups is 1. The van der Waals surface area contributed by atoms with Gasteiger partial charge in [0.25, 0.3) is 5.91 Å². The van der Waals surface area contributed by atoms with Crippen LogP contribution in [0.4, 0.5) is 10.5 Å². The highest BCUT2D eigenvalue weighted by atomic mass is 35.5. The third kappa shape index (κ3) is 5.10. The molecule has 1 heterocycles. The van der Waals surface area contributed by atoms with Gasteiger partial charge in [0.1, 0.15) is 12.6 Å². The van der Waals surface area contributed by atoms with Gasteiger partial charge in [-0.2, -0.15) is 0 Å². The molecular weight excluding hydrogens is 410 g/mol. The first-order valence-electron chi connectivity index (χ1n) is 9.23. The van der Waals surface area contributed by atoms with E-state index < -0.39 is 18.0 Å². The minimum atomic E-state index is -0.673. The number of rotatable bonds is 7. The number of thioether (sulfide) groups is 1. The first-order valence-corrected chi connectivity index (χ1v) is 10.6. The Kier molecular flexibility index (Phi) is 6.82. The smallest absolute Gasteiger partial charge is 0.332 e. The number of hydrogen-bond acceptors (Lipinski definition) is 4. The highest BCUT2D eigenvalue weighted by Gasteiger charge is 2.43. The van der Waals surface area contributed by atoms with Crippen molar-refractivity contribution in [2.24, 2.45) is 0 Å². The van der Waals surface area contributed by atoms with Crippen molar-refractivity contribution >= 4 is 46.9 Å². The van der Waals surface area contributed by atoms with Crippen molar-refractivity contribution in [3.63, 3.8) is 0 Å². The summed E-state index contributed by atoms with van der Waals surface area (Å²) in [5.74, 6) is -0.0558. The zero-order valence-electron chi connectivity index (χ0n) is 16.2. The van der Waals surface area contributed by atoms with Gasteiger partial charge in [0, 0.05) is 27.9 Å². The molecule has 152 valence electrons. The van der Waals surface area contributed by atoms with Crippen molar-refractivity contribution in [1.29, 1.82) is 0 Å². The summed E-state index contributed by atoms with van der Waals surface area (Å²) in [4.78, 5) is 40.9. The zero-order chi connectivity index (χ0) is 21.0. The van der Waals surface area contributed by atoms with E-state index in [9.17, 15) is 14.4 Å². The summed E-state index contributed by atoms with van der Waals surface area (Å²) in [6.07, 6.45) is 0. The van der Waals surface area contributed by atoms with E-state index in [1.165, 1.54) is 10.5 Å². The molecule has 0 radical (unpaired) electrons. The molecule has 0 bridgehead atoms. The van der Waals surface area contributed by atoms with E-state index >= 15 is 0 Å². The van der Waals surface area contributed by atoms with Crippen LogP contribution in [0, 0.1) is 6.92 Å². The summed E-state index contributed by atoms with van der Waals surface area (Å²) < 4.78 is 0. The van der Waals surface area contributed by atoms with Crippen LogP contribution >= 0.6 is 23.4 Å². The van der Waals surface area contributed by atoms with Gasteiger partial charge in [-0.25, -0.2) is 4.79 Å². The summed E-state index contributed by atoms with van der Waals surface area (Å²) in [5.41, 5.74) is 1.77. The molecule has 0 aromatic heterocycles. The molecule has 2 aromatic rings. The number of benzene rings is 2. The predicted octanol–water partition coefficient (Wildman–Crippen LogP) is 3.71.